The van der Waals surface area contributed by atoms with Crippen molar-refractivity contribution in [3.63, 3.8) is 0 Å². The van der Waals surface area contributed by atoms with Gasteiger partial charge in [-0.1, -0.05) is 0 Å². The zero-order chi connectivity index (χ0) is 15.9. The molecule has 0 unspecified atom stereocenters. The zero-order valence-electron chi connectivity index (χ0n) is 12.9. The fraction of sp³-hybridized carbons (Fsp3) is 0.294. The van der Waals surface area contributed by atoms with Crippen LogP contribution >= 0.6 is 0 Å². The van der Waals surface area contributed by atoms with Crippen LogP contribution in [0.3, 0.4) is 0 Å². The van der Waals surface area contributed by atoms with Crippen LogP contribution in [0, 0.1) is 26.6 Å². The highest BCUT2D eigenvalue weighted by molar-refractivity contribution is 5.87. The minimum Gasteiger partial charge on any atom is -0.394 e. The second kappa shape index (κ2) is 5.50. The van der Waals surface area contributed by atoms with Crippen LogP contribution in [0.5, 0.6) is 0 Å². The summed E-state index contributed by atoms with van der Waals surface area (Å²) in [5, 5.41) is 14.2. The molecule has 0 saturated carbocycles. The van der Waals surface area contributed by atoms with Gasteiger partial charge in [-0.2, -0.15) is 5.10 Å². The molecule has 3 aromatic rings. The number of aryl methyl sites for hydroxylation is 3. The van der Waals surface area contributed by atoms with Crippen LogP contribution in [-0.2, 0) is 6.54 Å². The summed E-state index contributed by atoms with van der Waals surface area (Å²) in [5.41, 5.74) is 5.23. The molecule has 2 aromatic heterocycles. The van der Waals surface area contributed by atoms with E-state index in [0.717, 1.165) is 39.0 Å². The van der Waals surface area contributed by atoms with Gasteiger partial charge in [0.1, 0.15) is 5.82 Å². The van der Waals surface area contributed by atoms with E-state index in [-0.39, 0.29) is 12.4 Å². The summed E-state index contributed by atoms with van der Waals surface area (Å²) in [6, 6.07) is 4.98. The van der Waals surface area contributed by atoms with Crippen molar-refractivity contribution in [3.05, 3.63) is 47.0 Å². The number of benzene rings is 1. The third kappa shape index (κ3) is 2.48. The first kappa shape index (κ1) is 14.7. The van der Waals surface area contributed by atoms with Crippen molar-refractivity contribution in [1.29, 1.82) is 0 Å². The van der Waals surface area contributed by atoms with Crippen LogP contribution in [0.1, 0.15) is 16.8 Å². The van der Waals surface area contributed by atoms with Crippen molar-refractivity contribution < 1.29 is 9.50 Å². The Kier molecular flexibility index (Phi) is 3.66. The van der Waals surface area contributed by atoms with E-state index >= 15 is 0 Å². The lowest BCUT2D eigenvalue weighted by Crippen LogP contribution is -2.02. The number of nitrogens with zero attached hydrogens (tertiary/aromatic N) is 3. The maximum absolute atomic E-state index is 13.6. The van der Waals surface area contributed by atoms with Gasteiger partial charge in [0.15, 0.2) is 0 Å². The minimum atomic E-state index is -0.241. The number of aliphatic hydroxyl groups excluding tert-OH is 1. The molecule has 0 spiro atoms. The summed E-state index contributed by atoms with van der Waals surface area (Å²) < 4.78 is 15.3. The van der Waals surface area contributed by atoms with Crippen LogP contribution < -0.4 is 0 Å². The maximum Gasteiger partial charge on any atom is 0.124 e. The molecule has 0 bridgehead atoms. The van der Waals surface area contributed by atoms with Gasteiger partial charge in [-0.05, 0) is 50.1 Å². The van der Waals surface area contributed by atoms with E-state index < -0.39 is 0 Å². The molecule has 0 saturated heterocycles. The maximum atomic E-state index is 13.6. The van der Waals surface area contributed by atoms with Gasteiger partial charge in [0.25, 0.3) is 0 Å². The van der Waals surface area contributed by atoms with Gasteiger partial charge in [-0.15, -0.1) is 0 Å². The van der Waals surface area contributed by atoms with E-state index in [1.54, 1.807) is 4.68 Å². The lowest BCUT2D eigenvalue weighted by Gasteiger charge is -2.08. The van der Waals surface area contributed by atoms with Crippen molar-refractivity contribution in [2.45, 2.75) is 27.3 Å². The molecule has 3 rings (SSSR count). The Balaban J connectivity index is 2.20. The molecule has 0 aliphatic rings. The van der Waals surface area contributed by atoms with Gasteiger partial charge in [0, 0.05) is 17.1 Å². The van der Waals surface area contributed by atoms with Gasteiger partial charge in [-0.3, -0.25) is 4.68 Å². The lowest BCUT2D eigenvalue weighted by molar-refractivity contribution is 0.269. The number of aliphatic hydroxyl groups is 1. The highest BCUT2D eigenvalue weighted by Crippen LogP contribution is 2.28. The summed E-state index contributed by atoms with van der Waals surface area (Å²) in [4.78, 5) is 4.70. The number of hydrogen-bond acceptors (Lipinski definition) is 3. The summed E-state index contributed by atoms with van der Waals surface area (Å²) >= 11 is 0. The first-order valence-corrected chi connectivity index (χ1v) is 7.22. The van der Waals surface area contributed by atoms with E-state index in [0.29, 0.717) is 6.54 Å². The third-order valence-electron chi connectivity index (χ3n) is 3.83. The smallest absolute Gasteiger partial charge is 0.124 e. The van der Waals surface area contributed by atoms with Crippen LogP contribution in [0.15, 0.2) is 24.4 Å². The fourth-order valence-corrected chi connectivity index (χ4v) is 2.74. The van der Waals surface area contributed by atoms with Gasteiger partial charge in [-0.25, -0.2) is 9.37 Å². The Bertz CT molecular complexity index is 855. The summed E-state index contributed by atoms with van der Waals surface area (Å²) in [6.45, 7) is 6.24. The van der Waals surface area contributed by atoms with Crippen LogP contribution in [0.4, 0.5) is 4.39 Å². The first-order valence-electron chi connectivity index (χ1n) is 7.22. The molecular weight excluding hydrogens is 281 g/mol. The number of fused-ring (bicyclic) bond motifs is 1. The van der Waals surface area contributed by atoms with E-state index in [9.17, 15) is 4.39 Å². The molecule has 114 valence electrons. The molecule has 4 nitrogen and oxygen atoms in total. The van der Waals surface area contributed by atoms with E-state index in [2.05, 4.69) is 5.10 Å². The Labute approximate surface area is 128 Å². The molecule has 1 N–H and O–H groups in total. The molecule has 0 atom stereocenters. The first-order chi connectivity index (χ1) is 10.5. The lowest BCUT2D eigenvalue weighted by atomic mass is 10.0. The molecule has 1 aromatic carbocycles. The van der Waals surface area contributed by atoms with Crippen molar-refractivity contribution in [2.24, 2.45) is 0 Å². The Hall–Kier alpha value is -2.27. The molecule has 0 radical (unpaired) electrons. The minimum absolute atomic E-state index is 0.0448. The fourth-order valence-electron chi connectivity index (χ4n) is 2.74. The molecule has 5 heteroatoms. The zero-order valence-corrected chi connectivity index (χ0v) is 12.9. The predicted octanol–water partition coefficient (Wildman–Crippen LogP) is 3.15. The van der Waals surface area contributed by atoms with Crippen LogP contribution in [0.25, 0.3) is 22.2 Å². The highest BCUT2D eigenvalue weighted by Gasteiger charge is 2.13. The van der Waals surface area contributed by atoms with E-state index in [1.165, 1.54) is 12.1 Å². The van der Waals surface area contributed by atoms with E-state index in [4.69, 9.17) is 10.1 Å². The molecule has 0 aliphatic carbocycles. The Morgan fingerprint density at radius 2 is 1.91 bits per heavy atom. The second-order valence-corrected chi connectivity index (χ2v) is 5.56. The van der Waals surface area contributed by atoms with Crippen LogP contribution in [-0.4, -0.2) is 26.5 Å². The highest BCUT2D eigenvalue weighted by atomic mass is 19.1. The van der Waals surface area contributed by atoms with Gasteiger partial charge < -0.3 is 5.11 Å². The SMILES string of the molecule is Cc1nn(CCO)cc1-c1cc(C)c2cc(F)cc(C)c2n1. The van der Waals surface area contributed by atoms with Gasteiger partial charge >= 0.3 is 0 Å². The molecule has 0 amide bonds. The van der Waals surface area contributed by atoms with Crippen molar-refractivity contribution in [3.8, 4) is 11.3 Å². The number of rotatable bonds is 3. The average Bonchev–Trinajstić information content (AvgIpc) is 2.81. The number of pyridine rings is 1. The monoisotopic (exact) mass is 299 g/mol. The Morgan fingerprint density at radius 3 is 2.64 bits per heavy atom. The summed E-state index contributed by atoms with van der Waals surface area (Å²) in [5.74, 6) is -0.241. The number of halogens is 1. The predicted molar refractivity (Wildman–Crippen MR) is 84.2 cm³/mol. The third-order valence-corrected chi connectivity index (χ3v) is 3.83. The molecule has 22 heavy (non-hydrogen) atoms. The number of aromatic nitrogens is 3. The second-order valence-electron chi connectivity index (χ2n) is 5.56. The van der Waals surface area contributed by atoms with Crippen molar-refractivity contribution >= 4 is 10.9 Å². The number of hydrogen-bond donors (Lipinski definition) is 1. The summed E-state index contributed by atoms with van der Waals surface area (Å²) in [6.07, 6.45) is 1.89. The average molecular weight is 299 g/mol. The Morgan fingerprint density at radius 1 is 1.14 bits per heavy atom. The molecule has 2 heterocycles. The molecule has 0 aliphatic heterocycles. The molecular formula is C17H18FN3O. The van der Waals surface area contributed by atoms with Gasteiger partial charge in [0.05, 0.1) is 30.1 Å². The van der Waals surface area contributed by atoms with Crippen LogP contribution in [0.2, 0.25) is 0 Å². The van der Waals surface area contributed by atoms with Gasteiger partial charge in [0.2, 0.25) is 0 Å². The summed E-state index contributed by atoms with van der Waals surface area (Å²) in [7, 11) is 0. The normalized spacial score (nSPS) is 11.3. The van der Waals surface area contributed by atoms with Crippen molar-refractivity contribution in [2.75, 3.05) is 6.61 Å². The van der Waals surface area contributed by atoms with Crippen molar-refractivity contribution in [1.82, 2.24) is 14.8 Å². The molecule has 0 fully saturated rings. The largest absolute Gasteiger partial charge is 0.394 e. The quantitative estimate of drug-likeness (QED) is 0.808. The van der Waals surface area contributed by atoms with E-state index in [1.807, 2.05) is 33.0 Å². The topological polar surface area (TPSA) is 50.9 Å². The standard InChI is InChI=1S/C17H18FN3O/c1-10-7-16(15-9-21(4-5-22)20-12(15)3)19-17-11(2)6-13(18)8-14(10)17/h6-9,22H,4-5H2,1-3H3.